The van der Waals surface area contributed by atoms with Crippen LogP contribution >= 0.6 is 49.9 Å². The van der Waals surface area contributed by atoms with E-state index >= 15 is 0 Å². The first-order valence-electron chi connectivity index (χ1n) is 3.18. The number of halogens is 2. The molecule has 0 amide bonds. The molecule has 0 saturated carbocycles. The fourth-order valence-corrected chi connectivity index (χ4v) is 3.72. The van der Waals surface area contributed by atoms with Crippen LogP contribution in [0.4, 0.5) is 5.13 Å². The Balaban J connectivity index is 2.88. The number of anilines is 1. The smallest absolute Gasteiger partial charge is 0.181 e. The topological polar surface area (TPSA) is 38.9 Å². The van der Waals surface area contributed by atoms with Gasteiger partial charge in [-0.05, 0) is 50.7 Å². The van der Waals surface area contributed by atoms with Crippen molar-refractivity contribution in [3.05, 3.63) is 20.2 Å². The number of nitrogen functional groups attached to an aromatic ring is 1. The third-order valence-corrected chi connectivity index (χ3v) is 3.49. The van der Waals surface area contributed by atoms with Crippen molar-refractivity contribution in [3.8, 4) is 0 Å². The van der Waals surface area contributed by atoms with Crippen molar-refractivity contribution < 1.29 is 0 Å². The van der Waals surface area contributed by atoms with E-state index in [1.165, 1.54) is 14.9 Å². The summed E-state index contributed by atoms with van der Waals surface area (Å²) in [6, 6.07) is 4.11. The number of nitrogens with two attached hydrogens (primary N) is 1. The van der Waals surface area contributed by atoms with E-state index in [4.69, 9.17) is 5.73 Å². The fourth-order valence-electron chi connectivity index (χ4n) is 0.974. The molecular formula is C7H4BrIN2S. The highest BCUT2D eigenvalue weighted by atomic mass is 127. The number of fused-ring (bicyclic) bond motifs is 1. The Morgan fingerprint density at radius 3 is 3.00 bits per heavy atom. The maximum atomic E-state index is 5.59. The molecule has 1 heterocycles. The lowest BCUT2D eigenvalue weighted by Crippen LogP contribution is -1.80. The molecule has 1 aromatic carbocycles. The van der Waals surface area contributed by atoms with Crippen molar-refractivity contribution in [1.29, 1.82) is 0 Å². The van der Waals surface area contributed by atoms with Crippen LogP contribution in [0.15, 0.2) is 16.6 Å². The molecule has 0 radical (unpaired) electrons. The van der Waals surface area contributed by atoms with Gasteiger partial charge in [0.25, 0.3) is 0 Å². The molecule has 0 aliphatic rings. The van der Waals surface area contributed by atoms with Gasteiger partial charge in [-0.1, -0.05) is 11.3 Å². The van der Waals surface area contributed by atoms with Crippen LogP contribution in [-0.4, -0.2) is 4.98 Å². The first kappa shape index (κ1) is 8.71. The molecule has 0 saturated heterocycles. The Morgan fingerprint density at radius 1 is 1.50 bits per heavy atom. The van der Waals surface area contributed by atoms with E-state index in [2.05, 4.69) is 49.6 Å². The molecule has 0 unspecified atom stereocenters. The highest BCUT2D eigenvalue weighted by Crippen LogP contribution is 2.31. The highest BCUT2D eigenvalue weighted by Gasteiger charge is 2.05. The minimum absolute atomic E-state index is 0.618. The normalized spacial score (nSPS) is 10.8. The zero-order valence-corrected chi connectivity index (χ0v) is 10.4. The van der Waals surface area contributed by atoms with E-state index in [0.717, 1.165) is 14.7 Å². The summed E-state index contributed by atoms with van der Waals surface area (Å²) in [6.45, 7) is 0. The first-order valence-corrected chi connectivity index (χ1v) is 5.87. The Kier molecular flexibility index (Phi) is 2.26. The Hall–Kier alpha value is 0.120. The van der Waals surface area contributed by atoms with Crippen LogP contribution in [0.2, 0.25) is 0 Å². The number of thiazole rings is 1. The molecule has 0 atom stereocenters. The number of hydrogen-bond acceptors (Lipinski definition) is 3. The van der Waals surface area contributed by atoms with Gasteiger partial charge in [-0.3, -0.25) is 0 Å². The second kappa shape index (κ2) is 3.12. The van der Waals surface area contributed by atoms with Crippen molar-refractivity contribution in [3.63, 3.8) is 0 Å². The first-order chi connectivity index (χ1) is 5.66. The monoisotopic (exact) mass is 354 g/mol. The summed E-state index contributed by atoms with van der Waals surface area (Å²) in [6.07, 6.45) is 0. The predicted octanol–water partition coefficient (Wildman–Crippen LogP) is 3.25. The SMILES string of the molecule is Nc1nc2c(Br)cc(I)cc2s1. The number of benzene rings is 1. The molecule has 0 aliphatic heterocycles. The van der Waals surface area contributed by atoms with Crippen LogP contribution in [-0.2, 0) is 0 Å². The maximum Gasteiger partial charge on any atom is 0.181 e. The van der Waals surface area contributed by atoms with Crippen molar-refractivity contribution in [1.82, 2.24) is 4.98 Å². The van der Waals surface area contributed by atoms with Crippen molar-refractivity contribution in [2.24, 2.45) is 0 Å². The third-order valence-electron chi connectivity index (χ3n) is 1.43. The zero-order chi connectivity index (χ0) is 8.72. The van der Waals surface area contributed by atoms with Gasteiger partial charge in [0.15, 0.2) is 5.13 Å². The van der Waals surface area contributed by atoms with E-state index in [0.29, 0.717) is 5.13 Å². The number of aromatic nitrogens is 1. The Morgan fingerprint density at radius 2 is 2.25 bits per heavy atom. The largest absolute Gasteiger partial charge is 0.375 e. The molecule has 0 aliphatic carbocycles. The van der Waals surface area contributed by atoms with E-state index in [1.54, 1.807) is 0 Å². The fraction of sp³-hybridized carbons (Fsp3) is 0. The van der Waals surface area contributed by atoms with E-state index in [1.807, 2.05) is 6.07 Å². The summed E-state index contributed by atoms with van der Waals surface area (Å²) < 4.78 is 3.33. The van der Waals surface area contributed by atoms with Gasteiger partial charge in [-0.25, -0.2) is 4.98 Å². The predicted molar refractivity (Wildman–Crippen MR) is 64.4 cm³/mol. The average molecular weight is 355 g/mol. The van der Waals surface area contributed by atoms with Crippen molar-refractivity contribution in [2.75, 3.05) is 5.73 Å². The highest BCUT2D eigenvalue weighted by molar-refractivity contribution is 14.1. The van der Waals surface area contributed by atoms with E-state index in [-0.39, 0.29) is 0 Å². The van der Waals surface area contributed by atoms with Crippen molar-refractivity contribution in [2.45, 2.75) is 0 Å². The summed E-state index contributed by atoms with van der Waals surface area (Å²) >= 11 is 7.23. The molecule has 12 heavy (non-hydrogen) atoms. The molecule has 2 N–H and O–H groups in total. The van der Waals surface area contributed by atoms with Crippen molar-refractivity contribution >= 4 is 65.2 Å². The number of nitrogens with zero attached hydrogens (tertiary/aromatic N) is 1. The molecule has 2 aromatic rings. The summed E-state index contributed by atoms with van der Waals surface area (Å²) in [4.78, 5) is 4.20. The molecule has 2 nitrogen and oxygen atoms in total. The zero-order valence-electron chi connectivity index (χ0n) is 5.84. The summed E-state index contributed by atoms with van der Waals surface area (Å²) in [5.74, 6) is 0. The van der Waals surface area contributed by atoms with Gasteiger partial charge >= 0.3 is 0 Å². The molecule has 0 fully saturated rings. The van der Waals surface area contributed by atoms with Gasteiger partial charge in [0.2, 0.25) is 0 Å². The second-order valence-corrected chi connectivity index (χ2v) is 5.45. The van der Waals surface area contributed by atoms with Crippen LogP contribution in [0.5, 0.6) is 0 Å². The standard InChI is InChI=1S/C7H4BrIN2S/c8-4-1-3(9)2-5-6(4)11-7(10)12-5/h1-2H,(H2,10,11). The molecule has 62 valence electrons. The van der Waals surface area contributed by atoms with Gasteiger partial charge < -0.3 is 5.73 Å². The Bertz CT molecular complexity index is 440. The molecule has 5 heteroatoms. The summed E-state index contributed by atoms with van der Waals surface area (Å²) in [5, 5.41) is 0.618. The molecule has 2 rings (SSSR count). The lowest BCUT2D eigenvalue weighted by atomic mass is 10.3. The quantitative estimate of drug-likeness (QED) is 0.737. The molecule has 1 aromatic heterocycles. The van der Waals surface area contributed by atoms with E-state index in [9.17, 15) is 0 Å². The minimum Gasteiger partial charge on any atom is -0.375 e. The van der Waals surface area contributed by atoms with Crippen LogP contribution < -0.4 is 5.73 Å². The van der Waals surface area contributed by atoms with Crippen LogP contribution in [0.3, 0.4) is 0 Å². The van der Waals surface area contributed by atoms with Gasteiger partial charge in [-0.2, -0.15) is 0 Å². The summed E-state index contributed by atoms with van der Waals surface area (Å²) in [7, 11) is 0. The minimum atomic E-state index is 0.618. The van der Waals surface area contributed by atoms with Gasteiger partial charge in [0.05, 0.1) is 10.2 Å². The van der Waals surface area contributed by atoms with Gasteiger partial charge in [0.1, 0.15) is 0 Å². The molecular weight excluding hydrogens is 351 g/mol. The lowest BCUT2D eigenvalue weighted by Gasteiger charge is -1.92. The van der Waals surface area contributed by atoms with Crippen LogP contribution in [0.1, 0.15) is 0 Å². The van der Waals surface area contributed by atoms with Crippen LogP contribution in [0, 0.1) is 3.57 Å². The third kappa shape index (κ3) is 1.45. The second-order valence-electron chi connectivity index (χ2n) is 2.29. The summed E-state index contributed by atoms with van der Waals surface area (Å²) in [5.41, 5.74) is 6.55. The molecule has 0 bridgehead atoms. The lowest BCUT2D eigenvalue weighted by molar-refractivity contribution is 1.48. The van der Waals surface area contributed by atoms with Gasteiger partial charge in [0, 0.05) is 8.04 Å². The number of rotatable bonds is 0. The van der Waals surface area contributed by atoms with Crippen LogP contribution in [0.25, 0.3) is 10.2 Å². The van der Waals surface area contributed by atoms with E-state index < -0.39 is 0 Å². The maximum absolute atomic E-state index is 5.59. The number of hydrogen-bond donors (Lipinski definition) is 1. The molecule has 0 spiro atoms. The van der Waals surface area contributed by atoms with Gasteiger partial charge in [-0.15, -0.1) is 0 Å². The average Bonchev–Trinajstić information content (AvgIpc) is 2.29. The Labute approximate surface area is 95.4 Å².